The number of ether oxygens (including phenoxy) is 2. The second kappa shape index (κ2) is 7.12. The second-order valence-electron chi connectivity index (χ2n) is 5.50. The molecule has 132 valence electrons. The van der Waals surface area contributed by atoms with Crippen molar-refractivity contribution in [2.75, 3.05) is 25.1 Å². The van der Waals surface area contributed by atoms with Crippen molar-refractivity contribution in [2.45, 2.75) is 11.8 Å². The summed E-state index contributed by atoms with van der Waals surface area (Å²) in [5.74, 6) is 0.683. The zero-order valence-electron chi connectivity index (χ0n) is 13.6. The van der Waals surface area contributed by atoms with Gasteiger partial charge in [0.1, 0.15) is 13.2 Å². The lowest BCUT2D eigenvalue weighted by atomic mass is 10.2. The molecular weight excluding hydrogens is 344 g/mol. The van der Waals surface area contributed by atoms with Crippen LogP contribution in [0.25, 0.3) is 0 Å². The number of carbonyl (C=O) groups excluding carboxylic acids is 1. The molecule has 7 nitrogen and oxygen atoms in total. The Labute approximate surface area is 146 Å². The third-order valence-corrected chi connectivity index (χ3v) is 5.19. The van der Waals surface area contributed by atoms with Crippen molar-refractivity contribution in [1.29, 1.82) is 0 Å². The molecule has 0 saturated heterocycles. The van der Waals surface area contributed by atoms with Crippen LogP contribution in [-0.4, -0.2) is 34.1 Å². The van der Waals surface area contributed by atoms with Crippen LogP contribution in [0.5, 0.6) is 11.5 Å². The average Bonchev–Trinajstić information content (AvgIpc) is 2.60. The van der Waals surface area contributed by atoms with E-state index in [0.717, 1.165) is 0 Å². The number of fused-ring (bicyclic) bond motifs is 1. The molecule has 25 heavy (non-hydrogen) atoms. The van der Waals surface area contributed by atoms with Crippen LogP contribution in [-0.2, 0) is 14.8 Å². The van der Waals surface area contributed by atoms with Crippen molar-refractivity contribution in [1.82, 2.24) is 4.72 Å². The Morgan fingerprint density at radius 1 is 1.08 bits per heavy atom. The molecule has 1 heterocycles. The van der Waals surface area contributed by atoms with Crippen molar-refractivity contribution in [3.05, 3.63) is 48.0 Å². The maximum Gasteiger partial charge on any atom is 0.241 e. The molecule has 0 atom stereocenters. The normalized spacial score (nSPS) is 13.3. The molecule has 0 saturated carbocycles. The van der Waals surface area contributed by atoms with E-state index in [4.69, 9.17) is 9.47 Å². The quantitative estimate of drug-likeness (QED) is 0.844. The number of aryl methyl sites for hydroxylation is 1. The summed E-state index contributed by atoms with van der Waals surface area (Å²) in [7, 11) is -3.75. The van der Waals surface area contributed by atoms with E-state index in [-0.39, 0.29) is 11.4 Å². The maximum absolute atomic E-state index is 12.3. The predicted molar refractivity (Wildman–Crippen MR) is 92.4 cm³/mol. The number of benzene rings is 2. The highest BCUT2D eigenvalue weighted by Crippen LogP contribution is 2.32. The summed E-state index contributed by atoms with van der Waals surface area (Å²) in [6.07, 6.45) is 0. The van der Waals surface area contributed by atoms with E-state index in [1.54, 1.807) is 43.3 Å². The molecule has 0 aromatic heterocycles. The lowest BCUT2D eigenvalue weighted by Crippen LogP contribution is -2.33. The summed E-state index contributed by atoms with van der Waals surface area (Å²) in [5, 5.41) is 2.63. The lowest BCUT2D eigenvalue weighted by Gasteiger charge is -2.19. The number of nitrogens with one attached hydrogen (secondary N) is 2. The molecule has 2 aromatic carbocycles. The Morgan fingerprint density at radius 2 is 1.80 bits per heavy atom. The van der Waals surface area contributed by atoms with Gasteiger partial charge >= 0.3 is 0 Å². The van der Waals surface area contributed by atoms with Crippen LogP contribution in [0.15, 0.2) is 47.4 Å². The minimum absolute atomic E-state index is 0.155. The molecule has 0 unspecified atom stereocenters. The van der Waals surface area contributed by atoms with Gasteiger partial charge in [0.15, 0.2) is 11.5 Å². The van der Waals surface area contributed by atoms with Crippen LogP contribution in [0.3, 0.4) is 0 Å². The van der Waals surface area contributed by atoms with Gasteiger partial charge in [0.05, 0.1) is 11.4 Å². The monoisotopic (exact) mass is 362 g/mol. The molecule has 0 spiro atoms. The smallest absolute Gasteiger partial charge is 0.241 e. The summed E-state index contributed by atoms with van der Waals surface area (Å²) in [6.45, 7) is 2.26. The summed E-state index contributed by atoms with van der Waals surface area (Å²) in [4.78, 5) is 12.2. The van der Waals surface area contributed by atoms with Gasteiger partial charge in [-0.25, -0.2) is 13.1 Å². The zero-order chi connectivity index (χ0) is 17.9. The number of amides is 1. The van der Waals surface area contributed by atoms with Crippen LogP contribution < -0.4 is 19.5 Å². The molecule has 1 amide bonds. The van der Waals surface area contributed by atoms with Crippen molar-refractivity contribution in [3.8, 4) is 11.5 Å². The first-order chi connectivity index (χ1) is 12.0. The lowest BCUT2D eigenvalue weighted by molar-refractivity contribution is -0.115. The molecule has 2 aromatic rings. The second-order valence-corrected chi connectivity index (χ2v) is 7.23. The van der Waals surface area contributed by atoms with E-state index in [0.29, 0.717) is 36.0 Å². The minimum atomic E-state index is -3.75. The predicted octanol–water partition coefficient (Wildman–Crippen LogP) is 1.68. The highest BCUT2D eigenvalue weighted by molar-refractivity contribution is 7.89. The van der Waals surface area contributed by atoms with Gasteiger partial charge in [-0.15, -0.1) is 0 Å². The fourth-order valence-corrected chi connectivity index (χ4v) is 3.65. The molecule has 0 radical (unpaired) electrons. The van der Waals surface area contributed by atoms with Gasteiger partial charge in [0.2, 0.25) is 15.9 Å². The van der Waals surface area contributed by atoms with Gasteiger partial charge in [0.25, 0.3) is 0 Å². The van der Waals surface area contributed by atoms with Gasteiger partial charge in [0, 0.05) is 11.8 Å². The maximum atomic E-state index is 12.3. The first kappa shape index (κ1) is 17.2. The minimum Gasteiger partial charge on any atom is -0.486 e. The number of hydrogen-bond acceptors (Lipinski definition) is 5. The highest BCUT2D eigenvalue weighted by Gasteiger charge is 2.18. The van der Waals surface area contributed by atoms with Crippen molar-refractivity contribution >= 4 is 21.6 Å². The Balaban J connectivity index is 1.62. The highest BCUT2D eigenvalue weighted by atomic mass is 32.2. The van der Waals surface area contributed by atoms with Gasteiger partial charge in [-0.05, 0) is 30.7 Å². The molecule has 1 aliphatic heterocycles. The zero-order valence-corrected chi connectivity index (χ0v) is 14.4. The molecule has 2 N–H and O–H groups in total. The third kappa shape index (κ3) is 4.09. The summed E-state index contributed by atoms with van der Waals surface area (Å²) in [6, 6.07) is 11.6. The average molecular weight is 362 g/mol. The molecule has 8 heteroatoms. The van der Waals surface area contributed by atoms with Crippen LogP contribution >= 0.6 is 0 Å². The summed E-state index contributed by atoms with van der Waals surface area (Å²) in [5.41, 5.74) is 1.12. The van der Waals surface area contributed by atoms with Gasteiger partial charge in [-0.3, -0.25) is 4.79 Å². The molecule has 0 bridgehead atoms. The van der Waals surface area contributed by atoms with Crippen molar-refractivity contribution in [2.24, 2.45) is 0 Å². The molecular formula is C17H18N2O5S. The topological polar surface area (TPSA) is 93.7 Å². The summed E-state index contributed by atoms with van der Waals surface area (Å²) >= 11 is 0. The number of hydrogen-bond donors (Lipinski definition) is 2. The molecule has 0 aliphatic carbocycles. The van der Waals surface area contributed by atoms with Crippen LogP contribution in [0, 0.1) is 6.92 Å². The Hall–Kier alpha value is -2.58. The fourth-order valence-electron chi connectivity index (χ4n) is 2.42. The summed E-state index contributed by atoms with van der Waals surface area (Å²) < 4.78 is 37.7. The van der Waals surface area contributed by atoms with Crippen LogP contribution in [0.1, 0.15) is 5.56 Å². The molecule has 3 rings (SSSR count). The van der Waals surface area contributed by atoms with Crippen LogP contribution in [0.4, 0.5) is 5.69 Å². The Bertz CT molecular complexity index is 896. The number of sulfonamides is 1. The number of anilines is 1. The van der Waals surface area contributed by atoms with Crippen LogP contribution in [0.2, 0.25) is 0 Å². The molecule has 0 fully saturated rings. The standard InChI is InChI=1S/C17H18N2O5S/c1-12-4-2-3-5-16(12)25(21,22)18-11-17(20)19-13-6-7-14-15(10-13)24-9-8-23-14/h2-7,10,18H,8-9,11H2,1H3,(H,19,20). The number of carbonyl (C=O) groups is 1. The van der Waals surface area contributed by atoms with E-state index < -0.39 is 15.9 Å². The SMILES string of the molecule is Cc1ccccc1S(=O)(=O)NCC(=O)Nc1ccc2c(c1)OCCO2. The first-order valence-corrected chi connectivity index (χ1v) is 9.19. The third-order valence-electron chi connectivity index (χ3n) is 3.63. The largest absolute Gasteiger partial charge is 0.486 e. The van der Waals surface area contributed by atoms with Gasteiger partial charge < -0.3 is 14.8 Å². The van der Waals surface area contributed by atoms with E-state index in [9.17, 15) is 13.2 Å². The molecule has 1 aliphatic rings. The van der Waals surface area contributed by atoms with E-state index in [1.807, 2.05) is 0 Å². The van der Waals surface area contributed by atoms with E-state index in [2.05, 4.69) is 10.0 Å². The van der Waals surface area contributed by atoms with Crippen molar-refractivity contribution < 1.29 is 22.7 Å². The first-order valence-electron chi connectivity index (χ1n) is 7.70. The van der Waals surface area contributed by atoms with Crippen molar-refractivity contribution in [3.63, 3.8) is 0 Å². The fraction of sp³-hybridized carbons (Fsp3) is 0.235. The Kier molecular flexibility index (Phi) is 4.91. The van der Waals surface area contributed by atoms with E-state index >= 15 is 0 Å². The van der Waals surface area contributed by atoms with Gasteiger partial charge in [-0.2, -0.15) is 0 Å². The van der Waals surface area contributed by atoms with E-state index in [1.165, 1.54) is 6.07 Å². The Morgan fingerprint density at radius 3 is 2.56 bits per heavy atom. The number of rotatable bonds is 5. The van der Waals surface area contributed by atoms with Gasteiger partial charge in [-0.1, -0.05) is 18.2 Å².